The fourth-order valence-electron chi connectivity index (χ4n) is 10.6. The molecule has 0 fully saturated rings. The van der Waals surface area contributed by atoms with Gasteiger partial charge in [-0.3, -0.25) is 37.3 Å². The molecule has 534 valence electrons. The Bertz CT molecular complexity index is 1780. The topological polar surface area (TPSA) is 237 Å². The largest absolute Gasteiger partial charge is 0.472 e. The predicted octanol–water partition coefficient (Wildman–Crippen LogP) is 20.1. The first-order chi connectivity index (χ1) is 43.1. The van der Waals surface area contributed by atoms with E-state index in [-0.39, 0.29) is 25.7 Å². The Morgan fingerprint density at radius 1 is 0.311 bits per heavy atom. The predicted molar refractivity (Wildman–Crippen MR) is 363 cm³/mol. The third-order valence-corrected chi connectivity index (χ3v) is 18.6. The molecule has 0 aromatic carbocycles. The quantitative estimate of drug-likeness (QED) is 0.0222. The van der Waals surface area contributed by atoms with Crippen LogP contribution in [0.2, 0.25) is 0 Å². The molecule has 3 N–H and O–H groups in total. The molecule has 19 heteroatoms. The molecule has 0 aliphatic heterocycles. The van der Waals surface area contributed by atoms with Gasteiger partial charge in [0.05, 0.1) is 26.4 Å². The number of unbranched alkanes of at least 4 members (excludes halogenated alkanes) is 33. The molecule has 90 heavy (non-hydrogen) atoms. The zero-order chi connectivity index (χ0) is 66.8. The van der Waals surface area contributed by atoms with Crippen molar-refractivity contribution in [2.45, 2.75) is 369 Å². The Balaban J connectivity index is 5.21. The van der Waals surface area contributed by atoms with Gasteiger partial charge in [0.1, 0.15) is 19.3 Å². The van der Waals surface area contributed by atoms with Gasteiger partial charge in [-0.25, -0.2) is 9.13 Å². The Kier molecular flexibility index (Phi) is 59.4. The third-order valence-electron chi connectivity index (χ3n) is 16.7. The highest BCUT2D eigenvalue weighted by molar-refractivity contribution is 7.47. The van der Waals surface area contributed by atoms with Gasteiger partial charge >= 0.3 is 39.5 Å². The van der Waals surface area contributed by atoms with E-state index in [1.165, 1.54) is 141 Å². The molecule has 17 nitrogen and oxygen atoms in total. The maximum Gasteiger partial charge on any atom is 0.472 e. The van der Waals surface area contributed by atoms with Crippen molar-refractivity contribution in [3.63, 3.8) is 0 Å². The second kappa shape index (κ2) is 60.7. The highest BCUT2D eigenvalue weighted by atomic mass is 31.2. The van der Waals surface area contributed by atoms with Gasteiger partial charge in [0.25, 0.3) is 0 Å². The van der Waals surface area contributed by atoms with Crippen LogP contribution in [0.15, 0.2) is 0 Å². The van der Waals surface area contributed by atoms with E-state index >= 15 is 0 Å². The van der Waals surface area contributed by atoms with Crippen molar-refractivity contribution in [2.75, 3.05) is 39.6 Å². The molecule has 0 rings (SSSR count). The zero-order valence-electron chi connectivity index (χ0n) is 58.8. The molecule has 0 aromatic rings. The SMILES string of the molecule is CCC(C)CCCCCCCCCCCCCCCCC(=O)O[C@H](COC(=O)CCCCCCCCC(C)C)COP(=O)(O)OC[C@H](O)COP(=O)(O)OC[C@@H](COC(=O)CCCCCCCCCC(C)C)OC(=O)CCCCCCCCCCCCC(C)C. The summed E-state index contributed by atoms with van der Waals surface area (Å²) in [4.78, 5) is 72.5. The molecule has 6 atom stereocenters. The van der Waals surface area contributed by atoms with Crippen molar-refractivity contribution in [2.24, 2.45) is 23.7 Å². The molecule has 0 aromatic heterocycles. The maximum atomic E-state index is 13.0. The smallest absolute Gasteiger partial charge is 0.462 e. The first kappa shape index (κ1) is 88.1. The molecule has 0 saturated heterocycles. The number of aliphatic hydroxyl groups excluding tert-OH is 1. The Labute approximate surface area is 549 Å². The molecule has 0 bridgehead atoms. The minimum Gasteiger partial charge on any atom is -0.462 e. The van der Waals surface area contributed by atoms with Gasteiger partial charge in [-0.2, -0.15) is 0 Å². The Morgan fingerprint density at radius 2 is 0.533 bits per heavy atom. The number of ether oxygens (including phenoxy) is 4. The van der Waals surface area contributed by atoms with Gasteiger partial charge in [-0.05, 0) is 49.4 Å². The molecule has 3 unspecified atom stereocenters. The molecule has 0 saturated carbocycles. The first-order valence-corrected chi connectivity index (χ1v) is 39.7. The molecule has 0 aliphatic carbocycles. The highest BCUT2D eigenvalue weighted by Crippen LogP contribution is 2.45. The number of phosphoric ester groups is 2. The van der Waals surface area contributed by atoms with E-state index < -0.39 is 97.5 Å². The summed E-state index contributed by atoms with van der Waals surface area (Å²) in [6, 6.07) is 0. The summed E-state index contributed by atoms with van der Waals surface area (Å²) in [5, 5.41) is 10.6. The van der Waals surface area contributed by atoms with E-state index in [1.54, 1.807) is 0 Å². The lowest BCUT2D eigenvalue weighted by atomic mass is 9.99. The molecule has 0 aliphatic rings. The summed E-state index contributed by atoms with van der Waals surface area (Å²) in [5.74, 6) is 0.851. The summed E-state index contributed by atoms with van der Waals surface area (Å²) in [6.45, 7) is 14.1. The lowest BCUT2D eigenvalue weighted by Crippen LogP contribution is -2.30. The lowest BCUT2D eigenvalue weighted by Gasteiger charge is -2.21. The minimum absolute atomic E-state index is 0.104. The van der Waals surface area contributed by atoms with Crippen LogP contribution in [-0.4, -0.2) is 96.7 Å². The molecule has 0 spiro atoms. The number of hydrogen-bond acceptors (Lipinski definition) is 15. The van der Waals surface area contributed by atoms with Crippen LogP contribution >= 0.6 is 15.6 Å². The number of aliphatic hydroxyl groups is 1. The van der Waals surface area contributed by atoms with Crippen LogP contribution in [0, 0.1) is 23.7 Å². The summed E-state index contributed by atoms with van der Waals surface area (Å²) in [5.41, 5.74) is 0. The zero-order valence-corrected chi connectivity index (χ0v) is 60.6. The van der Waals surface area contributed by atoms with Gasteiger partial charge in [0.15, 0.2) is 12.2 Å². The molecule has 0 radical (unpaired) electrons. The lowest BCUT2D eigenvalue weighted by molar-refractivity contribution is -0.161. The second-order valence-corrected chi connectivity index (χ2v) is 30.2. The average Bonchev–Trinajstić information content (AvgIpc) is 3.22. The minimum atomic E-state index is -4.95. The summed E-state index contributed by atoms with van der Waals surface area (Å²) < 4.78 is 68.3. The number of phosphoric acid groups is 2. The van der Waals surface area contributed by atoms with Crippen LogP contribution in [0.25, 0.3) is 0 Å². The van der Waals surface area contributed by atoms with Crippen LogP contribution in [0.5, 0.6) is 0 Å². The number of rotatable bonds is 68. The van der Waals surface area contributed by atoms with Crippen molar-refractivity contribution in [1.29, 1.82) is 0 Å². The van der Waals surface area contributed by atoms with Gasteiger partial charge in [0, 0.05) is 25.7 Å². The van der Waals surface area contributed by atoms with Crippen molar-refractivity contribution < 1.29 is 80.2 Å². The normalized spacial score (nSPS) is 14.6. The summed E-state index contributed by atoms with van der Waals surface area (Å²) in [6.07, 6.45) is 43.3. The van der Waals surface area contributed by atoms with Crippen molar-refractivity contribution >= 4 is 39.5 Å². The number of carbonyl (C=O) groups is 4. The monoisotopic (exact) mass is 1320 g/mol. The van der Waals surface area contributed by atoms with Crippen molar-refractivity contribution in [1.82, 2.24) is 0 Å². The average molecular weight is 1330 g/mol. The summed E-state index contributed by atoms with van der Waals surface area (Å²) >= 11 is 0. The van der Waals surface area contributed by atoms with E-state index in [0.29, 0.717) is 37.5 Å². The van der Waals surface area contributed by atoms with Gasteiger partial charge < -0.3 is 33.8 Å². The maximum absolute atomic E-state index is 13.0. The van der Waals surface area contributed by atoms with Crippen LogP contribution in [-0.2, 0) is 65.4 Å². The van der Waals surface area contributed by atoms with E-state index in [9.17, 15) is 43.2 Å². The molecule has 0 heterocycles. The van der Waals surface area contributed by atoms with Crippen LogP contribution in [0.1, 0.15) is 351 Å². The number of hydrogen-bond donors (Lipinski definition) is 3. The second-order valence-electron chi connectivity index (χ2n) is 27.3. The first-order valence-electron chi connectivity index (χ1n) is 36.7. The fraction of sp³-hybridized carbons (Fsp3) is 0.944. The van der Waals surface area contributed by atoms with Gasteiger partial charge in [0.2, 0.25) is 0 Å². The number of carbonyl (C=O) groups excluding carboxylic acids is 4. The number of esters is 4. The Hall–Kier alpha value is -1.94. The molecule has 0 amide bonds. The molecular weight excluding hydrogens is 1190 g/mol. The van der Waals surface area contributed by atoms with E-state index in [2.05, 4.69) is 55.4 Å². The van der Waals surface area contributed by atoms with E-state index in [1.807, 2.05) is 0 Å². The van der Waals surface area contributed by atoms with Gasteiger partial charge in [-0.1, -0.05) is 299 Å². The van der Waals surface area contributed by atoms with Crippen LogP contribution in [0.3, 0.4) is 0 Å². The summed E-state index contributed by atoms with van der Waals surface area (Å²) in [7, 11) is -9.90. The van der Waals surface area contributed by atoms with Crippen LogP contribution < -0.4 is 0 Å². The molecular formula is C71H138O17P2. The fourth-order valence-corrected chi connectivity index (χ4v) is 12.2. The van der Waals surface area contributed by atoms with Crippen molar-refractivity contribution in [3.8, 4) is 0 Å². The van der Waals surface area contributed by atoms with Gasteiger partial charge in [-0.15, -0.1) is 0 Å². The van der Waals surface area contributed by atoms with Crippen molar-refractivity contribution in [3.05, 3.63) is 0 Å². The highest BCUT2D eigenvalue weighted by Gasteiger charge is 2.30. The third kappa shape index (κ3) is 63.5. The Morgan fingerprint density at radius 3 is 0.789 bits per heavy atom. The van der Waals surface area contributed by atoms with Crippen LogP contribution in [0.4, 0.5) is 0 Å². The van der Waals surface area contributed by atoms with E-state index in [0.717, 1.165) is 115 Å². The van der Waals surface area contributed by atoms with E-state index in [4.69, 9.17) is 37.0 Å². The standard InChI is InChI=1S/C71H138O17P2/c1-9-64(8)50-42-34-25-19-14-12-10-11-13-15-20-26-37-45-53-70(75)88-67(58-82-69(74)52-44-36-30-29-33-41-49-63(6)7)60-86-90(79,80)84-56-65(72)55-83-89(77,78)85-59-66(57-81-68(73)51-43-35-28-22-24-32-40-48-62(4)5)87-71(76)54-46-38-27-21-17-16-18-23-31-39-47-61(2)3/h61-67,72H,9-60H2,1-8H3,(H,77,78)(H,79,80)/t64?,65-,66-,67-/m1/s1.